The minimum absolute atomic E-state index is 0.0940. The second kappa shape index (κ2) is 10.8. The van der Waals surface area contributed by atoms with E-state index in [4.69, 9.17) is 24.4 Å². The van der Waals surface area contributed by atoms with Crippen molar-refractivity contribution >= 4 is 21.9 Å². The quantitative estimate of drug-likeness (QED) is 0.198. The van der Waals surface area contributed by atoms with E-state index in [1.54, 1.807) is 0 Å². The average Bonchev–Trinajstić information content (AvgIpc) is 3.53. The molecule has 0 saturated carbocycles. The van der Waals surface area contributed by atoms with Gasteiger partial charge in [-0.05, 0) is 47.4 Å². The van der Waals surface area contributed by atoms with Gasteiger partial charge in [-0.2, -0.15) is 0 Å². The molecule has 2 aromatic heterocycles. The highest BCUT2D eigenvalue weighted by molar-refractivity contribution is 5.98. The van der Waals surface area contributed by atoms with Crippen LogP contribution in [0.3, 0.4) is 0 Å². The average molecular weight is 557 g/mol. The van der Waals surface area contributed by atoms with Crippen molar-refractivity contribution in [2.45, 2.75) is 24.7 Å². The first-order chi connectivity index (χ1) is 21.3. The van der Waals surface area contributed by atoms with Gasteiger partial charge in [-0.15, -0.1) is 0 Å². The number of para-hydroxylation sites is 2. The molecule has 2 unspecified atom stereocenters. The SMILES string of the molecule is C1=CC(c2ccc(-c3nc4ccccc4o3)c3ccccc23)C(c2nc(-c3ccccc3)nc(-c3ccccc3)n2)CC1. The van der Waals surface area contributed by atoms with Gasteiger partial charge in [0.05, 0.1) is 0 Å². The van der Waals surface area contributed by atoms with Crippen LogP contribution in [0.1, 0.15) is 36.1 Å². The summed E-state index contributed by atoms with van der Waals surface area (Å²) in [7, 11) is 0. The molecule has 0 bridgehead atoms. The maximum atomic E-state index is 6.20. The number of rotatable bonds is 5. The predicted molar refractivity (Wildman–Crippen MR) is 172 cm³/mol. The Labute approximate surface area is 249 Å². The normalized spacial score (nSPS) is 16.6. The summed E-state index contributed by atoms with van der Waals surface area (Å²) in [5.41, 5.74) is 5.86. The van der Waals surface area contributed by atoms with Crippen LogP contribution in [0.5, 0.6) is 0 Å². The van der Waals surface area contributed by atoms with E-state index in [2.05, 4.69) is 72.8 Å². The summed E-state index contributed by atoms with van der Waals surface area (Å²) < 4.78 is 6.20. The number of allylic oxidation sites excluding steroid dienone is 2. The van der Waals surface area contributed by atoms with Gasteiger partial charge in [0.25, 0.3) is 0 Å². The molecule has 43 heavy (non-hydrogen) atoms. The van der Waals surface area contributed by atoms with Crippen LogP contribution < -0.4 is 0 Å². The smallest absolute Gasteiger partial charge is 0.227 e. The van der Waals surface area contributed by atoms with E-state index in [-0.39, 0.29) is 11.8 Å². The highest BCUT2D eigenvalue weighted by Gasteiger charge is 2.30. The van der Waals surface area contributed by atoms with Crippen molar-refractivity contribution in [3.05, 3.63) is 145 Å². The van der Waals surface area contributed by atoms with Crippen molar-refractivity contribution in [1.82, 2.24) is 19.9 Å². The van der Waals surface area contributed by atoms with Gasteiger partial charge in [-0.3, -0.25) is 0 Å². The van der Waals surface area contributed by atoms with E-state index in [0.717, 1.165) is 51.8 Å². The molecule has 0 radical (unpaired) electrons. The summed E-state index contributed by atoms with van der Waals surface area (Å²) >= 11 is 0. The minimum Gasteiger partial charge on any atom is -0.436 e. The Morgan fingerprint density at radius 1 is 0.581 bits per heavy atom. The number of aromatic nitrogens is 4. The second-order valence-electron chi connectivity index (χ2n) is 10.9. The van der Waals surface area contributed by atoms with Crippen LogP contribution in [0.25, 0.3) is 56.1 Å². The molecule has 0 N–H and O–H groups in total. The molecular formula is C38H28N4O. The first kappa shape index (κ1) is 25.3. The largest absolute Gasteiger partial charge is 0.436 e. The fourth-order valence-corrected chi connectivity index (χ4v) is 6.22. The highest BCUT2D eigenvalue weighted by atomic mass is 16.3. The monoisotopic (exact) mass is 556 g/mol. The Morgan fingerprint density at radius 2 is 1.23 bits per heavy atom. The minimum atomic E-state index is 0.0940. The molecule has 0 spiro atoms. The fraction of sp³-hybridized carbons (Fsp3) is 0.105. The number of fused-ring (bicyclic) bond motifs is 2. The molecule has 5 nitrogen and oxygen atoms in total. The molecule has 0 aliphatic heterocycles. The van der Waals surface area contributed by atoms with E-state index in [0.29, 0.717) is 17.5 Å². The van der Waals surface area contributed by atoms with Crippen LogP contribution >= 0.6 is 0 Å². The lowest BCUT2D eigenvalue weighted by Gasteiger charge is -2.28. The van der Waals surface area contributed by atoms with E-state index in [1.807, 2.05) is 60.7 Å². The molecule has 7 aromatic rings. The Morgan fingerprint density at radius 3 is 1.95 bits per heavy atom. The molecule has 2 heterocycles. The lowest BCUT2D eigenvalue weighted by molar-refractivity contribution is 0.526. The molecule has 1 aliphatic carbocycles. The molecule has 1 aliphatic rings. The van der Waals surface area contributed by atoms with Gasteiger partial charge < -0.3 is 4.42 Å². The number of hydrogen-bond acceptors (Lipinski definition) is 5. The first-order valence-corrected chi connectivity index (χ1v) is 14.7. The van der Waals surface area contributed by atoms with Gasteiger partial charge in [0.1, 0.15) is 11.3 Å². The molecule has 5 heteroatoms. The summed E-state index contributed by atoms with van der Waals surface area (Å²) in [6, 6.07) is 41.2. The number of hydrogen-bond donors (Lipinski definition) is 0. The van der Waals surface area contributed by atoms with Gasteiger partial charge in [-0.1, -0.05) is 115 Å². The van der Waals surface area contributed by atoms with Crippen molar-refractivity contribution in [2.75, 3.05) is 0 Å². The summed E-state index contributed by atoms with van der Waals surface area (Å²) in [6.45, 7) is 0. The molecule has 8 rings (SSSR count). The van der Waals surface area contributed by atoms with E-state index in [9.17, 15) is 0 Å². The van der Waals surface area contributed by atoms with E-state index >= 15 is 0 Å². The Hall–Kier alpha value is -5.42. The van der Waals surface area contributed by atoms with Crippen LogP contribution in [0, 0.1) is 0 Å². The summed E-state index contributed by atoms with van der Waals surface area (Å²) in [6.07, 6.45) is 6.56. The summed E-state index contributed by atoms with van der Waals surface area (Å²) in [4.78, 5) is 20.0. The van der Waals surface area contributed by atoms with Gasteiger partial charge in [0.2, 0.25) is 5.89 Å². The van der Waals surface area contributed by atoms with Crippen molar-refractivity contribution in [2.24, 2.45) is 0 Å². The van der Waals surface area contributed by atoms with Crippen LogP contribution in [-0.4, -0.2) is 19.9 Å². The Bertz CT molecular complexity index is 2010. The fourth-order valence-electron chi connectivity index (χ4n) is 6.22. The third kappa shape index (κ3) is 4.69. The van der Waals surface area contributed by atoms with Crippen LogP contribution in [0.4, 0.5) is 0 Å². The van der Waals surface area contributed by atoms with Crippen molar-refractivity contribution in [3.63, 3.8) is 0 Å². The topological polar surface area (TPSA) is 64.7 Å². The molecule has 2 atom stereocenters. The predicted octanol–water partition coefficient (Wildman–Crippen LogP) is 9.38. The van der Waals surface area contributed by atoms with Crippen molar-refractivity contribution in [1.29, 1.82) is 0 Å². The second-order valence-corrected chi connectivity index (χ2v) is 10.9. The third-order valence-corrected chi connectivity index (χ3v) is 8.31. The zero-order valence-corrected chi connectivity index (χ0v) is 23.5. The molecule has 0 amide bonds. The van der Waals surface area contributed by atoms with Crippen molar-refractivity contribution < 1.29 is 4.42 Å². The van der Waals surface area contributed by atoms with Crippen molar-refractivity contribution in [3.8, 4) is 34.2 Å². The van der Waals surface area contributed by atoms with Crippen LogP contribution in [0.15, 0.2) is 138 Å². The lowest BCUT2D eigenvalue weighted by atomic mass is 9.77. The number of nitrogens with zero attached hydrogens (tertiary/aromatic N) is 4. The zero-order chi connectivity index (χ0) is 28.6. The molecule has 0 saturated heterocycles. The van der Waals surface area contributed by atoms with Gasteiger partial charge in [0, 0.05) is 28.5 Å². The maximum Gasteiger partial charge on any atom is 0.227 e. The summed E-state index contributed by atoms with van der Waals surface area (Å²) in [5.74, 6) is 3.07. The molecule has 5 aromatic carbocycles. The summed E-state index contributed by atoms with van der Waals surface area (Å²) in [5, 5.41) is 2.30. The highest BCUT2D eigenvalue weighted by Crippen LogP contribution is 2.44. The Kier molecular flexibility index (Phi) is 6.34. The van der Waals surface area contributed by atoms with Crippen LogP contribution in [-0.2, 0) is 0 Å². The maximum absolute atomic E-state index is 6.20. The van der Waals surface area contributed by atoms with Gasteiger partial charge in [-0.25, -0.2) is 19.9 Å². The molecule has 0 fully saturated rings. The molecule has 206 valence electrons. The Balaban J connectivity index is 1.27. The van der Waals surface area contributed by atoms with Crippen LogP contribution in [0.2, 0.25) is 0 Å². The van der Waals surface area contributed by atoms with Gasteiger partial charge in [0.15, 0.2) is 17.2 Å². The standard InChI is InChI=1S/C38H28N4O/c1-3-13-25(14-4-1)35-40-36(26-15-5-2-6-16-26)42-37(41-35)31-20-10-9-18-28(31)30-23-24-32(29-19-8-7-17-27(29)30)38-39-33-21-11-12-22-34(33)43-38/h1-9,11-19,21-24,28,31H,10,20H2. The third-order valence-electron chi connectivity index (χ3n) is 8.31. The zero-order valence-electron chi connectivity index (χ0n) is 23.5. The lowest BCUT2D eigenvalue weighted by Crippen LogP contribution is -2.17. The van der Waals surface area contributed by atoms with E-state index in [1.165, 1.54) is 10.9 Å². The first-order valence-electron chi connectivity index (χ1n) is 14.7. The number of benzene rings is 5. The number of oxazole rings is 1. The van der Waals surface area contributed by atoms with E-state index < -0.39 is 0 Å². The van der Waals surface area contributed by atoms with Gasteiger partial charge >= 0.3 is 0 Å². The molecular weight excluding hydrogens is 528 g/mol.